The van der Waals surface area contributed by atoms with Crippen LogP contribution in [0.2, 0.25) is 0 Å². The van der Waals surface area contributed by atoms with Crippen molar-refractivity contribution < 1.29 is 45.1 Å². The Morgan fingerprint density at radius 3 is 2.47 bits per heavy atom. The van der Waals surface area contributed by atoms with Gasteiger partial charge in [0.05, 0.1) is 24.7 Å². The zero-order valence-corrected chi connectivity index (χ0v) is 17.7. The molecule has 30 heavy (non-hydrogen) atoms. The van der Waals surface area contributed by atoms with Crippen LogP contribution in [0.4, 0.5) is 13.2 Å². The van der Waals surface area contributed by atoms with E-state index in [1.165, 1.54) is 0 Å². The van der Waals surface area contributed by atoms with Gasteiger partial charge in [-0.2, -0.15) is 21.6 Å². The second kappa shape index (κ2) is 7.05. The summed E-state index contributed by atoms with van der Waals surface area (Å²) in [6.07, 6.45) is -2.10. The molecule has 4 saturated carbocycles. The zero-order chi connectivity index (χ0) is 22.1. The van der Waals surface area contributed by atoms with Gasteiger partial charge in [-0.1, -0.05) is 0 Å². The molecule has 0 aromatic carbocycles. The highest BCUT2D eigenvalue weighted by molar-refractivity contribution is 7.85. The topological polar surface area (TPSA) is 102 Å². The molecule has 8 unspecified atom stereocenters. The molecule has 1 heterocycles. The first kappa shape index (κ1) is 22.3. The number of ether oxygens (including phenoxy) is 3. The Balaban J connectivity index is 1.58. The first-order chi connectivity index (χ1) is 13.7. The summed E-state index contributed by atoms with van der Waals surface area (Å²) in [4.78, 5) is 13.0. The van der Waals surface area contributed by atoms with Crippen LogP contribution in [0, 0.1) is 29.6 Å². The highest BCUT2D eigenvalue weighted by Crippen LogP contribution is 2.62. The van der Waals surface area contributed by atoms with E-state index < -0.39 is 45.1 Å². The lowest BCUT2D eigenvalue weighted by Crippen LogP contribution is -2.64. The van der Waals surface area contributed by atoms with Crippen LogP contribution in [0.25, 0.3) is 0 Å². The van der Waals surface area contributed by atoms with Gasteiger partial charge in [-0.05, 0) is 57.3 Å². The van der Waals surface area contributed by atoms with Crippen LogP contribution in [0.1, 0.15) is 39.5 Å². The number of hydrogen-bond acceptors (Lipinski definition) is 6. The summed E-state index contributed by atoms with van der Waals surface area (Å²) < 4.78 is 88.4. The van der Waals surface area contributed by atoms with Crippen molar-refractivity contribution in [3.63, 3.8) is 0 Å². The van der Waals surface area contributed by atoms with E-state index in [1.54, 1.807) is 0 Å². The van der Waals surface area contributed by atoms with Crippen LogP contribution in [0.5, 0.6) is 0 Å². The van der Waals surface area contributed by atoms with Gasteiger partial charge < -0.3 is 14.2 Å². The molecule has 0 radical (unpaired) electrons. The molecular formula is C19H27F3O7S. The molecule has 8 atom stereocenters. The molecule has 11 heteroatoms. The van der Waals surface area contributed by atoms with E-state index in [0.29, 0.717) is 38.9 Å². The minimum atomic E-state index is -5.16. The van der Waals surface area contributed by atoms with Crippen molar-refractivity contribution in [3.8, 4) is 0 Å². The largest absolute Gasteiger partial charge is 0.448 e. The summed E-state index contributed by atoms with van der Waals surface area (Å²) in [7, 11) is -5.03. The molecule has 0 aromatic heterocycles. The van der Waals surface area contributed by atoms with Gasteiger partial charge >= 0.3 is 12.1 Å². The van der Waals surface area contributed by atoms with Gasteiger partial charge in [0.1, 0.15) is 11.9 Å². The minimum Gasteiger partial charge on any atom is -0.448 e. The maximum atomic E-state index is 13.6. The average Bonchev–Trinajstić information content (AvgIpc) is 3.39. The van der Waals surface area contributed by atoms with Crippen LogP contribution in [-0.4, -0.2) is 61.4 Å². The minimum absolute atomic E-state index is 0.0210. The van der Waals surface area contributed by atoms with Crippen LogP contribution in [0.3, 0.4) is 0 Å². The first-order valence-electron chi connectivity index (χ1n) is 10.2. The smallest absolute Gasteiger partial charge is 0.429 e. The van der Waals surface area contributed by atoms with E-state index in [4.69, 9.17) is 18.8 Å². The summed E-state index contributed by atoms with van der Waals surface area (Å²) >= 11 is 0. The van der Waals surface area contributed by atoms with Crippen LogP contribution in [0.15, 0.2) is 0 Å². The number of epoxide rings is 1. The lowest BCUT2D eigenvalue weighted by molar-refractivity contribution is -0.268. The summed E-state index contributed by atoms with van der Waals surface area (Å²) in [5.41, 5.74) is -3.99. The SMILES string of the molecule is CC1(OCC2CO2)C2CC3CC(C2)C(C(=O)OC(C)(CS(=O)(=O)O)C(F)(F)F)C1C3. The number of carbonyl (C=O) groups is 1. The lowest BCUT2D eigenvalue weighted by atomic mass is 9.46. The Labute approximate surface area is 173 Å². The Morgan fingerprint density at radius 2 is 1.90 bits per heavy atom. The highest BCUT2D eigenvalue weighted by Gasteiger charge is 2.64. The highest BCUT2D eigenvalue weighted by atomic mass is 32.2. The van der Waals surface area contributed by atoms with Crippen LogP contribution in [-0.2, 0) is 29.1 Å². The summed E-state index contributed by atoms with van der Waals surface area (Å²) in [5, 5.41) is 0. The third-order valence-corrected chi connectivity index (χ3v) is 8.47. The molecule has 5 fully saturated rings. The van der Waals surface area contributed by atoms with Gasteiger partial charge in [-0.15, -0.1) is 0 Å². The molecule has 0 amide bonds. The van der Waals surface area contributed by atoms with Crippen molar-refractivity contribution in [1.82, 2.24) is 0 Å². The van der Waals surface area contributed by atoms with Crippen LogP contribution >= 0.6 is 0 Å². The maximum absolute atomic E-state index is 13.6. The van der Waals surface area contributed by atoms with Gasteiger partial charge in [0, 0.05) is 5.92 Å². The molecule has 7 nitrogen and oxygen atoms in total. The van der Waals surface area contributed by atoms with Gasteiger partial charge in [0.15, 0.2) is 0 Å². The van der Waals surface area contributed by atoms with Gasteiger partial charge in [0.25, 0.3) is 10.1 Å². The van der Waals surface area contributed by atoms with E-state index in [9.17, 15) is 26.4 Å². The molecule has 0 spiro atoms. The number of alkyl halides is 3. The number of halogens is 3. The number of hydrogen-bond donors (Lipinski definition) is 1. The van der Waals surface area contributed by atoms with Crippen LogP contribution < -0.4 is 0 Å². The van der Waals surface area contributed by atoms with Crippen molar-refractivity contribution in [3.05, 3.63) is 0 Å². The van der Waals surface area contributed by atoms with Gasteiger partial charge in [0.2, 0.25) is 5.60 Å². The lowest BCUT2D eigenvalue weighted by Gasteiger charge is -2.62. The summed E-state index contributed by atoms with van der Waals surface area (Å²) in [6.45, 7) is 3.39. The van der Waals surface area contributed by atoms with Crippen molar-refractivity contribution in [2.75, 3.05) is 19.0 Å². The monoisotopic (exact) mass is 456 g/mol. The van der Waals surface area contributed by atoms with E-state index in [0.717, 1.165) is 12.8 Å². The van der Waals surface area contributed by atoms with Crippen molar-refractivity contribution in [2.45, 2.75) is 63.0 Å². The molecule has 5 aliphatic rings. The molecular weight excluding hydrogens is 429 g/mol. The summed E-state index contributed by atoms with van der Waals surface area (Å²) in [5.74, 6) is -3.40. The normalized spacial score (nSPS) is 42.1. The molecule has 1 saturated heterocycles. The fourth-order valence-corrected chi connectivity index (χ4v) is 6.91. The molecule has 4 aliphatic carbocycles. The average molecular weight is 456 g/mol. The first-order valence-corrected chi connectivity index (χ1v) is 11.8. The van der Waals surface area contributed by atoms with Gasteiger partial charge in [-0.25, -0.2) is 0 Å². The standard InChI is InChI=1S/C19H27F3O7S/c1-17(19(20,21)22,9-30(24,25)26)29-16(23)15-11-3-10-4-12(6-11)18(2,14(15)5-10)28-8-13-7-27-13/h10-15H,3-9H2,1-2H3,(H,24,25,26). The molecule has 1 aliphatic heterocycles. The van der Waals surface area contributed by atoms with Gasteiger partial charge in [-0.3, -0.25) is 9.35 Å². The molecule has 4 bridgehead atoms. The quantitative estimate of drug-likeness (QED) is 0.357. The number of carbonyl (C=O) groups excluding carboxylic acids is 1. The number of rotatable bonds is 7. The molecule has 172 valence electrons. The Hall–Kier alpha value is -0.910. The van der Waals surface area contributed by atoms with Crippen molar-refractivity contribution in [2.24, 2.45) is 29.6 Å². The zero-order valence-electron chi connectivity index (χ0n) is 16.9. The predicted molar refractivity (Wildman–Crippen MR) is 97.0 cm³/mol. The predicted octanol–water partition coefficient (Wildman–Crippen LogP) is 2.59. The third-order valence-electron chi connectivity index (χ3n) is 7.55. The van der Waals surface area contributed by atoms with Crippen molar-refractivity contribution in [1.29, 1.82) is 0 Å². The Kier molecular flexibility index (Phi) is 5.24. The summed E-state index contributed by atoms with van der Waals surface area (Å²) in [6, 6.07) is 0. The van der Waals surface area contributed by atoms with E-state index >= 15 is 0 Å². The Morgan fingerprint density at radius 1 is 1.23 bits per heavy atom. The fraction of sp³-hybridized carbons (Fsp3) is 0.947. The third kappa shape index (κ3) is 3.98. The van der Waals surface area contributed by atoms with E-state index in [2.05, 4.69) is 0 Å². The fourth-order valence-electron chi connectivity index (χ4n) is 5.99. The maximum Gasteiger partial charge on any atom is 0.429 e. The van der Waals surface area contributed by atoms with E-state index in [1.807, 2.05) is 6.92 Å². The van der Waals surface area contributed by atoms with Crippen molar-refractivity contribution >= 4 is 16.1 Å². The van der Waals surface area contributed by atoms with E-state index in [-0.39, 0.29) is 23.9 Å². The molecule has 5 rings (SSSR count). The second-order valence-electron chi connectivity index (χ2n) is 9.72. The second-order valence-corrected chi connectivity index (χ2v) is 11.2. The number of esters is 1. The molecule has 1 N–H and O–H groups in total. The Bertz CT molecular complexity index is 811. The molecule has 0 aromatic rings.